The number of carbonyl (C=O) groups excluding carboxylic acids is 1. The summed E-state index contributed by atoms with van der Waals surface area (Å²) in [5, 5.41) is 2.99. The summed E-state index contributed by atoms with van der Waals surface area (Å²) in [5.41, 5.74) is 1.95. The van der Waals surface area contributed by atoms with Gasteiger partial charge < -0.3 is 10.3 Å². The predicted molar refractivity (Wildman–Crippen MR) is 65.4 cm³/mol. The van der Waals surface area contributed by atoms with Crippen LogP contribution in [0.25, 0.3) is 11.0 Å². The van der Waals surface area contributed by atoms with E-state index in [9.17, 15) is 4.79 Å². The molecular formula is C13H15N3O. The van der Waals surface area contributed by atoms with E-state index >= 15 is 0 Å². The highest BCUT2D eigenvalue weighted by molar-refractivity contribution is 5.81. The maximum Gasteiger partial charge on any atom is 0.223 e. The molecule has 88 valence electrons. The highest BCUT2D eigenvalue weighted by Crippen LogP contribution is 2.29. The van der Waals surface area contributed by atoms with Gasteiger partial charge in [0, 0.05) is 5.92 Å². The molecule has 1 aliphatic rings. The normalized spacial score (nSPS) is 17.0. The highest BCUT2D eigenvalue weighted by Gasteiger charge is 2.30. The van der Waals surface area contributed by atoms with Crippen LogP contribution in [0.15, 0.2) is 24.3 Å². The molecule has 4 nitrogen and oxygen atoms in total. The fraction of sp³-hybridized carbons (Fsp3) is 0.385. The molecule has 1 heterocycles. The van der Waals surface area contributed by atoms with Crippen molar-refractivity contribution in [3.05, 3.63) is 30.1 Å². The number of rotatable bonds is 3. The summed E-state index contributed by atoms with van der Waals surface area (Å²) in [5.74, 6) is 1.21. The molecule has 1 atom stereocenters. The molecule has 3 rings (SSSR count). The maximum atomic E-state index is 11.7. The Hall–Kier alpha value is -1.84. The summed E-state index contributed by atoms with van der Waals surface area (Å²) in [6.07, 6.45) is 2.05. The van der Waals surface area contributed by atoms with Crippen LogP contribution in [0.3, 0.4) is 0 Å². The molecule has 0 bridgehead atoms. The minimum absolute atomic E-state index is 0.0597. The third-order valence-corrected chi connectivity index (χ3v) is 3.12. The number of aromatic amines is 1. The molecule has 0 radical (unpaired) electrons. The van der Waals surface area contributed by atoms with E-state index < -0.39 is 0 Å². The van der Waals surface area contributed by atoms with E-state index in [0.29, 0.717) is 0 Å². The minimum atomic E-state index is -0.0597. The van der Waals surface area contributed by atoms with Crippen LogP contribution >= 0.6 is 0 Å². The molecule has 1 fully saturated rings. The summed E-state index contributed by atoms with van der Waals surface area (Å²) in [6.45, 7) is 1.96. The number of fused-ring (bicyclic) bond motifs is 1. The van der Waals surface area contributed by atoms with Gasteiger partial charge in [0.1, 0.15) is 5.82 Å². The van der Waals surface area contributed by atoms with Gasteiger partial charge in [-0.15, -0.1) is 0 Å². The number of para-hydroxylation sites is 2. The van der Waals surface area contributed by atoms with Gasteiger partial charge in [-0.1, -0.05) is 12.1 Å². The number of aromatic nitrogens is 2. The van der Waals surface area contributed by atoms with Gasteiger partial charge in [-0.05, 0) is 31.9 Å². The molecule has 0 spiro atoms. The Morgan fingerprint density at radius 1 is 1.47 bits per heavy atom. The zero-order chi connectivity index (χ0) is 11.8. The van der Waals surface area contributed by atoms with Crippen LogP contribution in [-0.4, -0.2) is 15.9 Å². The fourth-order valence-electron chi connectivity index (χ4n) is 1.92. The lowest BCUT2D eigenvalue weighted by atomic mass is 10.3. The van der Waals surface area contributed by atoms with Crippen LogP contribution in [0, 0.1) is 5.92 Å². The summed E-state index contributed by atoms with van der Waals surface area (Å²) in [6, 6.07) is 7.82. The Bertz CT molecular complexity index is 524. The number of H-pyrrole nitrogens is 1. The third kappa shape index (κ3) is 2.02. The summed E-state index contributed by atoms with van der Waals surface area (Å²) in [7, 11) is 0. The van der Waals surface area contributed by atoms with Gasteiger partial charge in [0.15, 0.2) is 0 Å². The van der Waals surface area contributed by atoms with Gasteiger partial charge in [-0.25, -0.2) is 4.98 Å². The maximum absolute atomic E-state index is 11.7. The number of hydrogen-bond acceptors (Lipinski definition) is 2. The molecule has 1 aliphatic carbocycles. The quantitative estimate of drug-likeness (QED) is 0.847. The highest BCUT2D eigenvalue weighted by atomic mass is 16.2. The standard InChI is InChI=1S/C13H15N3O/c1-8(14-13(17)9-6-7-9)12-15-10-4-2-3-5-11(10)16-12/h2-5,8-9H,6-7H2,1H3,(H,14,17)(H,15,16)/t8-/m1/s1. The first-order valence-corrected chi connectivity index (χ1v) is 5.99. The first kappa shape index (κ1) is 10.3. The molecular weight excluding hydrogens is 214 g/mol. The average Bonchev–Trinajstić information content (AvgIpc) is 3.08. The van der Waals surface area contributed by atoms with E-state index in [1.165, 1.54) is 0 Å². The number of carbonyl (C=O) groups is 1. The molecule has 17 heavy (non-hydrogen) atoms. The first-order valence-electron chi connectivity index (χ1n) is 5.99. The predicted octanol–water partition coefficient (Wildman–Crippen LogP) is 2.15. The minimum Gasteiger partial charge on any atom is -0.346 e. The Balaban J connectivity index is 1.79. The van der Waals surface area contributed by atoms with Gasteiger partial charge in [0.05, 0.1) is 17.1 Å². The molecule has 4 heteroatoms. The molecule has 2 aromatic rings. The van der Waals surface area contributed by atoms with Crippen molar-refractivity contribution in [2.24, 2.45) is 5.92 Å². The van der Waals surface area contributed by atoms with Crippen molar-refractivity contribution >= 4 is 16.9 Å². The van der Waals surface area contributed by atoms with Crippen LogP contribution in [0.1, 0.15) is 31.6 Å². The monoisotopic (exact) mass is 229 g/mol. The third-order valence-electron chi connectivity index (χ3n) is 3.12. The Labute approximate surface area is 99.4 Å². The van der Waals surface area contributed by atoms with E-state index in [1.807, 2.05) is 31.2 Å². The van der Waals surface area contributed by atoms with Crippen LogP contribution < -0.4 is 5.32 Å². The number of nitrogens with one attached hydrogen (secondary N) is 2. The number of imidazole rings is 1. The van der Waals surface area contributed by atoms with Crippen LogP contribution in [0.4, 0.5) is 0 Å². The lowest BCUT2D eigenvalue weighted by Crippen LogP contribution is -2.28. The van der Waals surface area contributed by atoms with E-state index in [1.54, 1.807) is 0 Å². The Morgan fingerprint density at radius 2 is 2.24 bits per heavy atom. The van der Waals surface area contributed by atoms with E-state index in [-0.39, 0.29) is 17.9 Å². The van der Waals surface area contributed by atoms with Crippen molar-refractivity contribution in [2.75, 3.05) is 0 Å². The second-order valence-electron chi connectivity index (χ2n) is 4.64. The number of hydrogen-bond donors (Lipinski definition) is 2. The second-order valence-corrected chi connectivity index (χ2v) is 4.64. The Morgan fingerprint density at radius 3 is 2.94 bits per heavy atom. The van der Waals surface area contributed by atoms with Crippen LogP contribution in [-0.2, 0) is 4.79 Å². The van der Waals surface area contributed by atoms with Gasteiger partial charge in [-0.3, -0.25) is 4.79 Å². The lowest BCUT2D eigenvalue weighted by Gasteiger charge is -2.10. The molecule has 0 saturated heterocycles. The van der Waals surface area contributed by atoms with Crippen molar-refractivity contribution < 1.29 is 4.79 Å². The van der Waals surface area contributed by atoms with Gasteiger partial charge in [-0.2, -0.15) is 0 Å². The topological polar surface area (TPSA) is 57.8 Å². The van der Waals surface area contributed by atoms with Crippen molar-refractivity contribution in [3.63, 3.8) is 0 Å². The average molecular weight is 229 g/mol. The van der Waals surface area contributed by atoms with Crippen molar-refractivity contribution in [1.82, 2.24) is 15.3 Å². The van der Waals surface area contributed by atoms with Crippen molar-refractivity contribution in [2.45, 2.75) is 25.8 Å². The van der Waals surface area contributed by atoms with Crippen LogP contribution in [0.5, 0.6) is 0 Å². The SMILES string of the molecule is C[C@@H](NC(=O)C1CC1)c1nc2ccccc2[nH]1. The zero-order valence-corrected chi connectivity index (χ0v) is 9.73. The summed E-state index contributed by atoms with van der Waals surface area (Å²) in [4.78, 5) is 19.4. The van der Waals surface area contributed by atoms with E-state index in [0.717, 1.165) is 29.7 Å². The number of amides is 1. The largest absolute Gasteiger partial charge is 0.346 e. The smallest absolute Gasteiger partial charge is 0.223 e. The van der Waals surface area contributed by atoms with Gasteiger partial charge >= 0.3 is 0 Å². The molecule has 1 amide bonds. The zero-order valence-electron chi connectivity index (χ0n) is 9.73. The van der Waals surface area contributed by atoms with Gasteiger partial charge in [0.25, 0.3) is 0 Å². The summed E-state index contributed by atoms with van der Waals surface area (Å²) < 4.78 is 0. The Kier molecular flexibility index (Phi) is 2.35. The molecule has 0 aliphatic heterocycles. The van der Waals surface area contributed by atoms with Crippen LogP contribution in [0.2, 0.25) is 0 Å². The molecule has 2 N–H and O–H groups in total. The van der Waals surface area contributed by atoms with E-state index in [4.69, 9.17) is 0 Å². The van der Waals surface area contributed by atoms with Crippen molar-refractivity contribution in [1.29, 1.82) is 0 Å². The molecule has 1 aromatic heterocycles. The van der Waals surface area contributed by atoms with Crippen molar-refractivity contribution in [3.8, 4) is 0 Å². The molecule has 0 unspecified atom stereocenters. The van der Waals surface area contributed by atoms with E-state index in [2.05, 4.69) is 15.3 Å². The fourth-order valence-corrected chi connectivity index (χ4v) is 1.92. The molecule has 1 saturated carbocycles. The second kappa shape index (κ2) is 3.87. The number of benzene rings is 1. The lowest BCUT2D eigenvalue weighted by molar-refractivity contribution is -0.123. The number of nitrogens with zero attached hydrogens (tertiary/aromatic N) is 1. The molecule has 1 aromatic carbocycles. The summed E-state index contributed by atoms with van der Waals surface area (Å²) >= 11 is 0. The first-order chi connectivity index (χ1) is 8.24. The van der Waals surface area contributed by atoms with Gasteiger partial charge in [0.2, 0.25) is 5.91 Å².